The lowest BCUT2D eigenvalue weighted by atomic mass is 9.91. The van der Waals surface area contributed by atoms with Crippen molar-refractivity contribution in [3.05, 3.63) is 29.8 Å². The summed E-state index contributed by atoms with van der Waals surface area (Å²) in [5.74, 6) is -6.12. The summed E-state index contributed by atoms with van der Waals surface area (Å²) in [6, 6.07) is 5.98. The van der Waals surface area contributed by atoms with Crippen molar-refractivity contribution < 1.29 is 49.5 Å². The van der Waals surface area contributed by atoms with Gasteiger partial charge < -0.3 is 31.3 Å². The zero-order valence-corrected chi connectivity index (χ0v) is 21.4. The van der Waals surface area contributed by atoms with Gasteiger partial charge in [0.1, 0.15) is 0 Å². The molecule has 0 aliphatic carbocycles. The predicted molar refractivity (Wildman–Crippen MR) is 135 cm³/mol. The number of nitrogens with two attached hydrogens (primary N) is 1. The second-order valence-electron chi connectivity index (χ2n) is 9.95. The molecule has 38 heavy (non-hydrogen) atoms. The highest BCUT2D eigenvalue weighted by Crippen LogP contribution is 2.21. The standard InChI is InChI=1S/C24H36N4O10/c1-24(2,15-27(10-20(31)32)11-21(33)34)14-26(9-19(29)30)8-18(7-16-3-5-17(25)6-4-16)28(12-22(35)36)13-23(37)38/h3-6,18H,7-15,25H2,1-2H3,(H,29,30)(H,31,32)(H,33,34)(H,35,36)(H,37,38). The molecule has 7 N–H and O–H groups in total. The van der Waals surface area contributed by atoms with Crippen LogP contribution in [0, 0.1) is 5.41 Å². The number of carboxylic acids is 5. The molecule has 0 bridgehead atoms. The van der Waals surface area contributed by atoms with E-state index in [9.17, 15) is 39.3 Å². The van der Waals surface area contributed by atoms with E-state index in [0.717, 1.165) is 5.56 Å². The van der Waals surface area contributed by atoms with Crippen LogP contribution in [0.15, 0.2) is 24.3 Å². The number of carboxylic acid groups (broad SMARTS) is 5. The normalized spacial score (nSPS) is 12.6. The van der Waals surface area contributed by atoms with Crippen molar-refractivity contribution in [1.82, 2.24) is 14.7 Å². The Labute approximate surface area is 219 Å². The van der Waals surface area contributed by atoms with Gasteiger partial charge in [-0.15, -0.1) is 0 Å². The molecule has 1 aromatic carbocycles. The molecule has 0 aliphatic rings. The van der Waals surface area contributed by atoms with Gasteiger partial charge in [-0.1, -0.05) is 26.0 Å². The SMILES string of the molecule is CC(C)(CN(CC(=O)O)CC(=O)O)CN(CC(=O)O)CC(Cc1ccc(N)cc1)N(CC(=O)O)CC(=O)O. The van der Waals surface area contributed by atoms with Gasteiger partial charge in [-0.25, -0.2) is 0 Å². The molecule has 0 radical (unpaired) electrons. The molecular weight excluding hydrogens is 504 g/mol. The highest BCUT2D eigenvalue weighted by molar-refractivity contribution is 5.73. The average Bonchev–Trinajstić information content (AvgIpc) is 2.71. The minimum absolute atomic E-state index is 0.0122. The molecule has 0 saturated heterocycles. The van der Waals surface area contributed by atoms with Crippen molar-refractivity contribution in [1.29, 1.82) is 0 Å². The summed E-state index contributed by atoms with van der Waals surface area (Å²) in [7, 11) is 0. The van der Waals surface area contributed by atoms with Gasteiger partial charge in [-0.05, 0) is 29.5 Å². The molecule has 1 atom stereocenters. The summed E-state index contributed by atoms with van der Waals surface area (Å²) in [4.78, 5) is 61.1. The second kappa shape index (κ2) is 14.9. The third kappa shape index (κ3) is 13.5. The lowest BCUT2D eigenvalue weighted by Gasteiger charge is -2.38. The number of anilines is 1. The van der Waals surface area contributed by atoms with Crippen LogP contribution in [0.2, 0.25) is 0 Å². The van der Waals surface area contributed by atoms with E-state index < -0.39 is 74.0 Å². The maximum Gasteiger partial charge on any atom is 0.317 e. The van der Waals surface area contributed by atoms with Crippen molar-refractivity contribution in [2.24, 2.45) is 5.41 Å². The maximum atomic E-state index is 11.7. The monoisotopic (exact) mass is 540 g/mol. The number of benzene rings is 1. The number of carbonyl (C=O) groups is 5. The van der Waals surface area contributed by atoms with Crippen molar-refractivity contribution in [3.8, 4) is 0 Å². The fraction of sp³-hybridized carbons (Fsp3) is 0.542. The van der Waals surface area contributed by atoms with Crippen molar-refractivity contribution in [3.63, 3.8) is 0 Å². The van der Waals surface area contributed by atoms with Crippen molar-refractivity contribution in [2.75, 3.05) is 58.1 Å². The van der Waals surface area contributed by atoms with E-state index in [-0.39, 0.29) is 26.1 Å². The fourth-order valence-electron chi connectivity index (χ4n) is 4.38. The summed E-state index contributed by atoms with van der Waals surface area (Å²) in [6.07, 6.45) is 0.196. The molecule has 0 amide bonds. The summed E-state index contributed by atoms with van der Waals surface area (Å²) in [6.45, 7) is 0.784. The van der Waals surface area contributed by atoms with Gasteiger partial charge in [0.25, 0.3) is 0 Å². The van der Waals surface area contributed by atoms with Gasteiger partial charge in [0, 0.05) is 31.4 Å². The Hall–Kier alpha value is -3.75. The largest absolute Gasteiger partial charge is 0.480 e. The van der Waals surface area contributed by atoms with Gasteiger partial charge in [0.2, 0.25) is 0 Å². The predicted octanol–water partition coefficient (Wildman–Crippen LogP) is -0.465. The second-order valence-corrected chi connectivity index (χ2v) is 9.95. The van der Waals surface area contributed by atoms with Crippen molar-refractivity contribution >= 4 is 35.5 Å². The number of nitrogen functional groups attached to an aromatic ring is 1. The molecule has 0 fully saturated rings. The molecule has 14 nitrogen and oxygen atoms in total. The van der Waals surface area contributed by atoms with Crippen LogP contribution in [-0.2, 0) is 30.4 Å². The van der Waals surface area contributed by atoms with Gasteiger partial charge >= 0.3 is 29.8 Å². The van der Waals surface area contributed by atoms with E-state index in [0.29, 0.717) is 5.69 Å². The van der Waals surface area contributed by atoms with Crippen molar-refractivity contribution in [2.45, 2.75) is 26.3 Å². The summed E-state index contributed by atoms with van der Waals surface area (Å²) >= 11 is 0. The van der Waals surface area contributed by atoms with E-state index >= 15 is 0 Å². The highest BCUT2D eigenvalue weighted by atomic mass is 16.4. The molecule has 1 rings (SSSR count). The fourth-order valence-corrected chi connectivity index (χ4v) is 4.38. The average molecular weight is 541 g/mol. The van der Waals surface area contributed by atoms with Crippen LogP contribution in [-0.4, -0.2) is 128 Å². The summed E-state index contributed by atoms with van der Waals surface area (Å²) in [5.41, 5.74) is 6.17. The van der Waals surface area contributed by atoms with Crippen LogP contribution in [0.1, 0.15) is 19.4 Å². The summed E-state index contributed by atoms with van der Waals surface area (Å²) in [5, 5.41) is 46.6. The minimum Gasteiger partial charge on any atom is -0.480 e. The Bertz CT molecular complexity index is 951. The first-order valence-electron chi connectivity index (χ1n) is 11.7. The molecule has 0 aliphatic heterocycles. The Kier molecular flexibility index (Phi) is 12.6. The van der Waals surface area contributed by atoms with Crippen LogP contribution in [0.5, 0.6) is 0 Å². The zero-order valence-electron chi connectivity index (χ0n) is 21.4. The first-order valence-corrected chi connectivity index (χ1v) is 11.7. The first-order chi connectivity index (χ1) is 17.6. The topological polar surface area (TPSA) is 222 Å². The van der Waals surface area contributed by atoms with Gasteiger partial charge in [-0.2, -0.15) is 0 Å². The Morgan fingerprint density at radius 2 is 1.11 bits per heavy atom. The molecule has 0 saturated carbocycles. The number of aliphatic carboxylic acids is 5. The van der Waals surface area contributed by atoms with Gasteiger partial charge in [0.05, 0.1) is 32.7 Å². The van der Waals surface area contributed by atoms with Gasteiger partial charge in [-0.3, -0.25) is 38.7 Å². The van der Waals surface area contributed by atoms with Crippen LogP contribution in [0.25, 0.3) is 0 Å². The van der Waals surface area contributed by atoms with E-state index in [4.69, 9.17) is 15.9 Å². The maximum absolute atomic E-state index is 11.7. The molecule has 1 aromatic rings. The lowest BCUT2D eigenvalue weighted by molar-refractivity contribution is -0.145. The van der Waals surface area contributed by atoms with Crippen LogP contribution in [0.3, 0.4) is 0 Å². The third-order valence-electron chi connectivity index (χ3n) is 5.49. The van der Waals surface area contributed by atoms with E-state index in [2.05, 4.69) is 0 Å². The van der Waals surface area contributed by atoms with Gasteiger partial charge in [0.15, 0.2) is 0 Å². The Morgan fingerprint density at radius 1 is 0.711 bits per heavy atom. The molecule has 0 aromatic heterocycles. The smallest absolute Gasteiger partial charge is 0.317 e. The number of hydrogen-bond donors (Lipinski definition) is 6. The third-order valence-corrected chi connectivity index (χ3v) is 5.49. The van der Waals surface area contributed by atoms with Crippen LogP contribution in [0.4, 0.5) is 5.69 Å². The molecule has 1 unspecified atom stereocenters. The Balaban J connectivity index is 3.28. The van der Waals surface area contributed by atoms with E-state index in [1.807, 2.05) is 0 Å². The van der Waals surface area contributed by atoms with E-state index in [1.54, 1.807) is 38.1 Å². The number of rotatable bonds is 19. The minimum atomic E-state index is -1.25. The van der Waals surface area contributed by atoms with Crippen LogP contribution < -0.4 is 5.73 Å². The Morgan fingerprint density at radius 3 is 1.53 bits per heavy atom. The molecule has 0 spiro atoms. The number of hydrogen-bond acceptors (Lipinski definition) is 9. The van der Waals surface area contributed by atoms with Crippen LogP contribution >= 0.6 is 0 Å². The number of nitrogens with zero attached hydrogens (tertiary/aromatic N) is 3. The first kappa shape index (κ1) is 32.3. The quantitative estimate of drug-likeness (QED) is 0.122. The lowest BCUT2D eigenvalue weighted by Crippen LogP contribution is -2.52. The summed E-state index contributed by atoms with van der Waals surface area (Å²) < 4.78 is 0. The molecular formula is C24H36N4O10. The van der Waals surface area contributed by atoms with E-state index in [1.165, 1.54) is 14.7 Å². The highest BCUT2D eigenvalue weighted by Gasteiger charge is 2.31. The molecule has 14 heteroatoms. The molecule has 0 heterocycles. The zero-order chi connectivity index (χ0) is 29.0. The molecule has 212 valence electrons.